The Labute approximate surface area is 84.9 Å². The fraction of sp³-hybridized carbons (Fsp3) is 0.455. The fourth-order valence-electron chi connectivity index (χ4n) is 1.38. The quantitative estimate of drug-likeness (QED) is 0.792. The first-order chi connectivity index (χ1) is 6.13. The first-order valence-corrected chi connectivity index (χ1v) is 4.98. The molecule has 0 bridgehead atoms. The van der Waals surface area contributed by atoms with Crippen molar-refractivity contribution in [2.45, 2.75) is 26.8 Å². The van der Waals surface area contributed by atoms with Crippen LogP contribution in [0.2, 0.25) is 5.02 Å². The summed E-state index contributed by atoms with van der Waals surface area (Å²) in [6, 6.07) is 6.10. The average Bonchev–Trinajstić information content (AvgIpc) is 2.07. The van der Waals surface area contributed by atoms with E-state index in [4.69, 9.17) is 17.3 Å². The highest BCUT2D eigenvalue weighted by Gasteiger charge is 2.02. The van der Waals surface area contributed by atoms with E-state index in [1.54, 1.807) is 0 Å². The maximum atomic E-state index is 5.95. The van der Waals surface area contributed by atoms with Gasteiger partial charge in [-0.3, -0.25) is 0 Å². The summed E-state index contributed by atoms with van der Waals surface area (Å²) in [6.45, 7) is 4.93. The molecule has 72 valence electrons. The SMILES string of the molecule is CC(C)Cc1ccc(Cl)c(CN)c1. The van der Waals surface area contributed by atoms with Crippen molar-refractivity contribution in [1.29, 1.82) is 0 Å². The van der Waals surface area contributed by atoms with Gasteiger partial charge < -0.3 is 5.73 Å². The predicted octanol–water partition coefficient (Wildman–Crippen LogP) is 3.00. The van der Waals surface area contributed by atoms with Crippen LogP contribution in [-0.4, -0.2) is 0 Å². The van der Waals surface area contributed by atoms with Gasteiger partial charge in [-0.1, -0.05) is 37.6 Å². The van der Waals surface area contributed by atoms with Gasteiger partial charge in [0.25, 0.3) is 0 Å². The van der Waals surface area contributed by atoms with Gasteiger partial charge in [-0.2, -0.15) is 0 Å². The lowest BCUT2D eigenvalue weighted by Gasteiger charge is -2.07. The van der Waals surface area contributed by atoms with Gasteiger partial charge in [0.1, 0.15) is 0 Å². The minimum Gasteiger partial charge on any atom is -0.326 e. The Morgan fingerprint density at radius 3 is 2.62 bits per heavy atom. The van der Waals surface area contributed by atoms with Gasteiger partial charge in [0, 0.05) is 11.6 Å². The standard InChI is InChI=1S/C11H16ClN/c1-8(2)5-9-3-4-11(12)10(6-9)7-13/h3-4,6,8H,5,7,13H2,1-2H3. The maximum absolute atomic E-state index is 5.95. The van der Waals surface area contributed by atoms with Crippen molar-refractivity contribution in [3.8, 4) is 0 Å². The van der Waals surface area contributed by atoms with E-state index in [9.17, 15) is 0 Å². The molecular weight excluding hydrogens is 182 g/mol. The van der Waals surface area contributed by atoms with Crippen LogP contribution in [-0.2, 0) is 13.0 Å². The molecule has 0 atom stereocenters. The second-order valence-electron chi connectivity index (χ2n) is 3.73. The van der Waals surface area contributed by atoms with E-state index in [2.05, 4.69) is 26.0 Å². The van der Waals surface area contributed by atoms with Crippen molar-refractivity contribution in [1.82, 2.24) is 0 Å². The number of benzene rings is 1. The van der Waals surface area contributed by atoms with E-state index in [1.165, 1.54) is 5.56 Å². The van der Waals surface area contributed by atoms with Crippen LogP contribution in [0.25, 0.3) is 0 Å². The van der Waals surface area contributed by atoms with Crippen LogP contribution < -0.4 is 5.73 Å². The summed E-state index contributed by atoms with van der Waals surface area (Å²) in [5.41, 5.74) is 7.93. The minimum absolute atomic E-state index is 0.519. The smallest absolute Gasteiger partial charge is 0.0451 e. The summed E-state index contributed by atoms with van der Waals surface area (Å²) in [5.74, 6) is 0.673. The molecule has 0 spiro atoms. The first-order valence-electron chi connectivity index (χ1n) is 4.61. The molecule has 0 amide bonds. The highest BCUT2D eigenvalue weighted by atomic mass is 35.5. The average molecular weight is 198 g/mol. The number of hydrogen-bond donors (Lipinski definition) is 1. The molecule has 2 heteroatoms. The molecule has 0 saturated carbocycles. The maximum Gasteiger partial charge on any atom is 0.0451 e. The number of halogens is 1. The predicted molar refractivity (Wildman–Crippen MR) is 57.9 cm³/mol. The van der Waals surface area contributed by atoms with Crippen molar-refractivity contribution in [2.75, 3.05) is 0 Å². The zero-order valence-electron chi connectivity index (χ0n) is 8.18. The molecule has 0 aliphatic carbocycles. The van der Waals surface area contributed by atoms with Crippen LogP contribution in [0.1, 0.15) is 25.0 Å². The summed E-state index contributed by atoms with van der Waals surface area (Å²) in [6.07, 6.45) is 1.09. The minimum atomic E-state index is 0.519. The van der Waals surface area contributed by atoms with E-state index in [1.807, 2.05) is 6.07 Å². The third-order valence-electron chi connectivity index (χ3n) is 1.97. The molecular formula is C11H16ClN. The van der Waals surface area contributed by atoms with Gasteiger partial charge in [-0.05, 0) is 29.5 Å². The number of rotatable bonds is 3. The van der Waals surface area contributed by atoms with Crippen LogP contribution in [0.15, 0.2) is 18.2 Å². The second-order valence-corrected chi connectivity index (χ2v) is 4.14. The topological polar surface area (TPSA) is 26.0 Å². The molecule has 1 rings (SSSR count). The zero-order chi connectivity index (χ0) is 9.84. The highest BCUT2D eigenvalue weighted by molar-refractivity contribution is 6.31. The molecule has 1 nitrogen and oxygen atoms in total. The third kappa shape index (κ3) is 3.02. The van der Waals surface area contributed by atoms with Gasteiger partial charge in [-0.25, -0.2) is 0 Å². The Morgan fingerprint density at radius 1 is 1.38 bits per heavy atom. The van der Waals surface area contributed by atoms with Crippen molar-refractivity contribution in [3.63, 3.8) is 0 Å². The Bertz CT molecular complexity index is 281. The van der Waals surface area contributed by atoms with E-state index in [0.29, 0.717) is 12.5 Å². The summed E-state index contributed by atoms with van der Waals surface area (Å²) >= 11 is 5.95. The molecule has 1 aromatic carbocycles. The summed E-state index contributed by atoms with van der Waals surface area (Å²) in [7, 11) is 0. The Kier molecular flexibility index (Phi) is 3.76. The number of hydrogen-bond acceptors (Lipinski definition) is 1. The van der Waals surface area contributed by atoms with Gasteiger partial charge in [0.15, 0.2) is 0 Å². The Morgan fingerprint density at radius 2 is 2.08 bits per heavy atom. The third-order valence-corrected chi connectivity index (χ3v) is 2.34. The fourth-order valence-corrected chi connectivity index (χ4v) is 1.58. The van der Waals surface area contributed by atoms with E-state index in [0.717, 1.165) is 17.0 Å². The lowest BCUT2D eigenvalue weighted by atomic mass is 10.0. The summed E-state index contributed by atoms with van der Waals surface area (Å²) in [5, 5.41) is 0.773. The molecule has 0 aliphatic rings. The van der Waals surface area contributed by atoms with Crippen molar-refractivity contribution >= 4 is 11.6 Å². The van der Waals surface area contributed by atoms with Gasteiger partial charge >= 0.3 is 0 Å². The second kappa shape index (κ2) is 4.64. The monoisotopic (exact) mass is 197 g/mol. The van der Waals surface area contributed by atoms with Crippen LogP contribution in [0.5, 0.6) is 0 Å². The molecule has 0 saturated heterocycles. The Hall–Kier alpha value is -0.530. The molecule has 0 heterocycles. The van der Waals surface area contributed by atoms with E-state index >= 15 is 0 Å². The van der Waals surface area contributed by atoms with Crippen molar-refractivity contribution in [2.24, 2.45) is 11.7 Å². The lowest BCUT2D eigenvalue weighted by molar-refractivity contribution is 0.647. The van der Waals surface area contributed by atoms with E-state index in [-0.39, 0.29) is 0 Å². The normalized spacial score (nSPS) is 10.8. The molecule has 0 radical (unpaired) electrons. The van der Waals surface area contributed by atoms with Gasteiger partial charge in [-0.15, -0.1) is 0 Å². The Balaban J connectivity index is 2.86. The molecule has 2 N–H and O–H groups in total. The highest BCUT2D eigenvalue weighted by Crippen LogP contribution is 2.18. The molecule has 1 aromatic rings. The molecule has 0 aliphatic heterocycles. The lowest BCUT2D eigenvalue weighted by Crippen LogP contribution is -2.00. The van der Waals surface area contributed by atoms with Crippen LogP contribution in [0.4, 0.5) is 0 Å². The largest absolute Gasteiger partial charge is 0.326 e. The van der Waals surface area contributed by atoms with Gasteiger partial charge in [0.2, 0.25) is 0 Å². The zero-order valence-corrected chi connectivity index (χ0v) is 8.93. The van der Waals surface area contributed by atoms with Gasteiger partial charge in [0.05, 0.1) is 0 Å². The number of nitrogens with two attached hydrogens (primary N) is 1. The summed E-state index contributed by atoms with van der Waals surface area (Å²) < 4.78 is 0. The summed E-state index contributed by atoms with van der Waals surface area (Å²) in [4.78, 5) is 0. The van der Waals surface area contributed by atoms with Crippen molar-refractivity contribution < 1.29 is 0 Å². The molecule has 0 fully saturated rings. The van der Waals surface area contributed by atoms with Crippen LogP contribution in [0, 0.1) is 5.92 Å². The van der Waals surface area contributed by atoms with Crippen molar-refractivity contribution in [3.05, 3.63) is 34.3 Å². The molecule has 13 heavy (non-hydrogen) atoms. The first kappa shape index (κ1) is 10.6. The van der Waals surface area contributed by atoms with E-state index < -0.39 is 0 Å². The molecule has 0 unspecified atom stereocenters. The van der Waals surface area contributed by atoms with Crippen LogP contribution >= 0.6 is 11.6 Å². The van der Waals surface area contributed by atoms with Crippen LogP contribution in [0.3, 0.4) is 0 Å². The molecule has 0 aromatic heterocycles.